The number of hydrogen-bond donors (Lipinski definition) is 3. The topological polar surface area (TPSA) is 123 Å². The van der Waals surface area contributed by atoms with E-state index in [0.717, 1.165) is 22.3 Å². The summed E-state index contributed by atoms with van der Waals surface area (Å²) in [5.74, 6) is -2.10. The Morgan fingerprint density at radius 2 is 1.55 bits per heavy atom. The van der Waals surface area contributed by atoms with Gasteiger partial charge in [-0.05, 0) is 29.2 Å². The molecule has 0 aromatic heterocycles. The summed E-state index contributed by atoms with van der Waals surface area (Å²) < 4.78 is 15.5. The number of carboxylic acid groups (broad SMARTS) is 1. The molecule has 9 nitrogen and oxygen atoms in total. The lowest BCUT2D eigenvalue weighted by Crippen LogP contribution is -2.56. The van der Waals surface area contributed by atoms with Crippen LogP contribution in [0.15, 0.2) is 48.5 Å². The van der Waals surface area contributed by atoms with Crippen LogP contribution in [0.25, 0.3) is 11.1 Å². The van der Waals surface area contributed by atoms with Crippen LogP contribution in [0.3, 0.4) is 0 Å². The van der Waals surface area contributed by atoms with Gasteiger partial charge in [0.1, 0.15) is 12.6 Å². The van der Waals surface area contributed by atoms with Gasteiger partial charge >= 0.3 is 12.1 Å². The van der Waals surface area contributed by atoms with Crippen molar-refractivity contribution in [3.05, 3.63) is 59.7 Å². The van der Waals surface area contributed by atoms with Crippen LogP contribution in [-0.2, 0) is 23.8 Å². The second-order valence-corrected chi connectivity index (χ2v) is 7.74. The predicted molar refractivity (Wildman–Crippen MR) is 120 cm³/mol. The van der Waals surface area contributed by atoms with Crippen molar-refractivity contribution >= 4 is 18.0 Å². The molecule has 0 radical (unpaired) electrons. The summed E-state index contributed by atoms with van der Waals surface area (Å²) in [6.07, 6.45) is -1.58. The second kappa shape index (κ2) is 10.9. The first-order valence-electron chi connectivity index (χ1n) is 10.5. The van der Waals surface area contributed by atoms with Crippen molar-refractivity contribution in [2.45, 2.75) is 31.0 Å². The highest BCUT2D eigenvalue weighted by molar-refractivity contribution is 5.89. The van der Waals surface area contributed by atoms with E-state index in [2.05, 4.69) is 10.6 Å². The molecule has 2 aromatic rings. The van der Waals surface area contributed by atoms with Gasteiger partial charge in [-0.15, -0.1) is 0 Å². The molecule has 1 aliphatic carbocycles. The van der Waals surface area contributed by atoms with E-state index >= 15 is 0 Å². The summed E-state index contributed by atoms with van der Waals surface area (Å²) >= 11 is 0. The molecule has 3 atom stereocenters. The van der Waals surface area contributed by atoms with Crippen LogP contribution in [-0.4, -0.2) is 68.7 Å². The first kappa shape index (κ1) is 24.2. The number of rotatable bonds is 10. The minimum atomic E-state index is -1.29. The zero-order valence-corrected chi connectivity index (χ0v) is 18.7. The van der Waals surface area contributed by atoms with E-state index in [9.17, 15) is 19.5 Å². The van der Waals surface area contributed by atoms with Crippen molar-refractivity contribution in [3.63, 3.8) is 0 Å². The van der Waals surface area contributed by atoms with Crippen LogP contribution in [0.4, 0.5) is 4.79 Å². The third-order valence-corrected chi connectivity index (χ3v) is 5.69. The Balaban J connectivity index is 1.65. The molecule has 0 spiro atoms. The van der Waals surface area contributed by atoms with Gasteiger partial charge in [-0.1, -0.05) is 48.5 Å². The summed E-state index contributed by atoms with van der Waals surface area (Å²) in [7, 11) is 2.71. The predicted octanol–water partition coefficient (Wildman–Crippen LogP) is 2.14. The molecule has 176 valence electrons. The highest BCUT2D eigenvalue weighted by Crippen LogP contribution is 2.44. The summed E-state index contributed by atoms with van der Waals surface area (Å²) in [5, 5.41) is 14.2. The second-order valence-electron chi connectivity index (χ2n) is 7.74. The number of hydrogen-bond acceptors (Lipinski definition) is 6. The highest BCUT2D eigenvalue weighted by Gasteiger charge is 2.32. The molecule has 1 unspecified atom stereocenters. The minimum absolute atomic E-state index is 0.0830. The molecule has 0 saturated heterocycles. The Morgan fingerprint density at radius 3 is 2.06 bits per heavy atom. The summed E-state index contributed by atoms with van der Waals surface area (Å²) in [5.41, 5.74) is 4.34. The number of methoxy groups -OCH3 is 2. The maximum Gasteiger partial charge on any atom is 0.407 e. The highest BCUT2D eigenvalue weighted by atomic mass is 16.5. The van der Waals surface area contributed by atoms with E-state index in [1.165, 1.54) is 21.1 Å². The summed E-state index contributed by atoms with van der Waals surface area (Å²) in [6, 6.07) is 13.5. The average Bonchev–Trinajstić information content (AvgIpc) is 3.13. The molecule has 0 aliphatic heterocycles. The van der Waals surface area contributed by atoms with Gasteiger partial charge in [-0.25, -0.2) is 9.59 Å². The molecule has 3 N–H and O–H groups in total. The molecule has 0 fully saturated rings. The molecule has 0 saturated carbocycles. The van der Waals surface area contributed by atoms with Gasteiger partial charge in [-0.3, -0.25) is 4.79 Å². The lowest BCUT2D eigenvalue weighted by atomic mass is 9.98. The fourth-order valence-electron chi connectivity index (χ4n) is 3.90. The Bertz CT molecular complexity index is 964. The van der Waals surface area contributed by atoms with E-state index in [1.54, 1.807) is 0 Å². The molecule has 33 heavy (non-hydrogen) atoms. The first-order valence-corrected chi connectivity index (χ1v) is 10.5. The van der Waals surface area contributed by atoms with Gasteiger partial charge in [0, 0.05) is 20.1 Å². The molecule has 3 rings (SSSR count). The fraction of sp³-hybridized carbons (Fsp3) is 0.375. The van der Waals surface area contributed by atoms with E-state index in [1.807, 2.05) is 48.5 Å². The molecule has 1 aliphatic rings. The lowest BCUT2D eigenvalue weighted by molar-refractivity contribution is -0.146. The number of benzene rings is 2. The Morgan fingerprint density at radius 1 is 0.970 bits per heavy atom. The van der Waals surface area contributed by atoms with Gasteiger partial charge < -0.3 is 30.0 Å². The van der Waals surface area contributed by atoms with Gasteiger partial charge in [-0.2, -0.15) is 0 Å². The van der Waals surface area contributed by atoms with E-state index in [4.69, 9.17) is 14.2 Å². The third-order valence-electron chi connectivity index (χ3n) is 5.69. The number of alkyl carbamates (subject to hydrolysis) is 1. The SMILES string of the molecule is COCC(NC(=O)OCC1c2ccccc2-c2ccccc21)C(=O)N[C@H](C(=O)O)[C@@H](C)OC. The molecule has 0 bridgehead atoms. The van der Waals surface area contributed by atoms with Crippen LogP contribution in [0.2, 0.25) is 0 Å². The number of carboxylic acids is 1. The number of amides is 2. The third kappa shape index (κ3) is 5.50. The van der Waals surface area contributed by atoms with Gasteiger partial charge in [0.15, 0.2) is 6.04 Å². The Hall–Kier alpha value is -3.43. The molecule has 9 heteroatoms. The smallest absolute Gasteiger partial charge is 0.407 e. The van der Waals surface area contributed by atoms with Crippen LogP contribution in [0, 0.1) is 0 Å². The van der Waals surface area contributed by atoms with Gasteiger partial charge in [0.2, 0.25) is 5.91 Å². The summed E-state index contributed by atoms with van der Waals surface area (Å²) in [6.45, 7) is 1.44. The van der Waals surface area contributed by atoms with E-state index in [0.29, 0.717) is 0 Å². The zero-order valence-electron chi connectivity index (χ0n) is 18.7. The van der Waals surface area contributed by atoms with E-state index < -0.39 is 36.2 Å². The van der Waals surface area contributed by atoms with Crippen LogP contribution < -0.4 is 10.6 Å². The number of carbonyl (C=O) groups is 3. The van der Waals surface area contributed by atoms with E-state index in [-0.39, 0.29) is 19.1 Å². The van der Waals surface area contributed by atoms with Crippen LogP contribution in [0.5, 0.6) is 0 Å². The van der Waals surface area contributed by atoms with Gasteiger partial charge in [0.05, 0.1) is 12.7 Å². The standard InChI is InChI=1S/C24H28N2O7/c1-14(32-3)21(23(28)29)26-22(27)20(13-31-2)25-24(30)33-12-19-17-10-6-4-8-15(17)16-9-5-7-11-18(16)19/h4-11,14,19-21H,12-13H2,1-3H3,(H,25,30)(H,26,27)(H,28,29)/t14-,20?,21+/m1/s1. The Labute approximate surface area is 192 Å². The minimum Gasteiger partial charge on any atom is -0.480 e. The van der Waals surface area contributed by atoms with Gasteiger partial charge in [0.25, 0.3) is 0 Å². The maximum absolute atomic E-state index is 12.6. The average molecular weight is 456 g/mol. The number of nitrogens with one attached hydrogen (secondary N) is 2. The fourth-order valence-corrected chi connectivity index (χ4v) is 3.90. The van der Waals surface area contributed by atoms with Crippen LogP contribution >= 0.6 is 0 Å². The lowest BCUT2D eigenvalue weighted by Gasteiger charge is -2.24. The molecule has 2 amide bonds. The number of ether oxygens (including phenoxy) is 3. The number of aliphatic carboxylic acids is 1. The molecule has 0 heterocycles. The number of fused-ring (bicyclic) bond motifs is 3. The normalized spacial score (nSPS) is 15.0. The van der Waals surface area contributed by atoms with Crippen molar-refractivity contribution in [2.24, 2.45) is 0 Å². The molecular formula is C24H28N2O7. The van der Waals surface area contributed by atoms with Crippen molar-refractivity contribution in [2.75, 3.05) is 27.4 Å². The summed E-state index contributed by atoms with van der Waals surface area (Å²) in [4.78, 5) is 36.6. The molecule has 2 aromatic carbocycles. The van der Waals surface area contributed by atoms with Crippen LogP contribution in [0.1, 0.15) is 24.0 Å². The Kier molecular flexibility index (Phi) is 8.02. The first-order chi connectivity index (χ1) is 15.9. The maximum atomic E-state index is 12.6. The molecular weight excluding hydrogens is 428 g/mol. The van der Waals surface area contributed by atoms with Crippen molar-refractivity contribution < 1.29 is 33.7 Å². The van der Waals surface area contributed by atoms with Crippen molar-refractivity contribution in [3.8, 4) is 11.1 Å². The largest absolute Gasteiger partial charge is 0.480 e. The quantitative estimate of drug-likeness (QED) is 0.501. The number of carbonyl (C=O) groups excluding carboxylic acids is 2. The monoisotopic (exact) mass is 456 g/mol. The van der Waals surface area contributed by atoms with Crippen molar-refractivity contribution in [1.29, 1.82) is 0 Å². The van der Waals surface area contributed by atoms with Crippen molar-refractivity contribution in [1.82, 2.24) is 10.6 Å². The zero-order chi connectivity index (χ0) is 24.0.